The smallest absolute Gasteiger partial charge is 0.457 e. The van der Waals surface area contributed by atoms with Gasteiger partial charge in [-0.1, -0.05) is 191 Å². The maximum atomic E-state index is 12.7. The van der Waals surface area contributed by atoms with E-state index in [1.165, 1.54) is 116 Å². The second kappa shape index (κ2) is 42.2. The van der Waals surface area contributed by atoms with Gasteiger partial charge in [-0.25, -0.2) is 4.57 Å². The number of likely N-dealkylation sites (N-methyl/N-ethyl adjacent to an activating group) is 1. The number of hydrogen-bond acceptors (Lipinski definition) is 6. The Balaban J connectivity index is 4.20. The Morgan fingerprint density at radius 3 is 1.50 bits per heavy atom. The molecule has 8 nitrogen and oxygen atoms in total. The van der Waals surface area contributed by atoms with Crippen LogP contribution in [0.4, 0.5) is 0 Å². The van der Waals surface area contributed by atoms with E-state index in [4.69, 9.17) is 18.5 Å². The number of quaternary nitrogens is 1. The predicted octanol–water partition coefficient (Wildman–Crippen LogP) is 14.3. The Labute approximate surface area is 358 Å². The summed E-state index contributed by atoms with van der Waals surface area (Å²) in [7, 11) is 1.66. The molecule has 340 valence electrons. The molecule has 0 aliphatic carbocycles. The first-order chi connectivity index (χ1) is 28.1. The summed E-state index contributed by atoms with van der Waals surface area (Å²) in [6.45, 7) is 5.50. The summed E-state index contributed by atoms with van der Waals surface area (Å²) in [5, 5.41) is 0. The molecule has 0 saturated heterocycles. The third-order valence-corrected chi connectivity index (χ3v) is 11.1. The van der Waals surface area contributed by atoms with E-state index in [0.717, 1.165) is 64.2 Å². The van der Waals surface area contributed by atoms with Crippen molar-refractivity contribution < 1.29 is 37.3 Å². The molecular weight excluding hydrogens is 746 g/mol. The zero-order chi connectivity index (χ0) is 42.7. The number of nitrogens with zero attached hydrogens (tertiary/aromatic N) is 1. The highest BCUT2D eigenvalue weighted by Gasteiger charge is 2.26. The highest BCUT2D eigenvalue weighted by atomic mass is 31.2. The van der Waals surface area contributed by atoms with Gasteiger partial charge in [-0.15, -0.1) is 0 Å². The highest BCUT2D eigenvalue weighted by molar-refractivity contribution is 7.47. The van der Waals surface area contributed by atoms with Gasteiger partial charge in [-0.05, 0) is 51.4 Å². The summed E-state index contributed by atoms with van der Waals surface area (Å²) < 4.78 is 35.1. The van der Waals surface area contributed by atoms with Crippen LogP contribution in [0.5, 0.6) is 0 Å². The molecule has 0 aromatic heterocycles. The lowest BCUT2D eigenvalue weighted by atomic mass is 10.0. The van der Waals surface area contributed by atoms with Crippen LogP contribution in [-0.4, -0.2) is 75.6 Å². The Morgan fingerprint density at radius 1 is 0.552 bits per heavy atom. The molecule has 0 rings (SSSR count). The topological polar surface area (TPSA) is 91.3 Å². The first-order valence-corrected chi connectivity index (χ1v) is 25.4. The van der Waals surface area contributed by atoms with Crippen LogP contribution in [-0.2, 0) is 27.9 Å². The molecule has 0 aromatic carbocycles. The van der Waals surface area contributed by atoms with Gasteiger partial charge in [-0.2, -0.15) is 0 Å². The van der Waals surface area contributed by atoms with Crippen molar-refractivity contribution in [3.8, 4) is 0 Å². The summed E-state index contributed by atoms with van der Waals surface area (Å²) in [5.41, 5.74) is 0. The van der Waals surface area contributed by atoms with Crippen molar-refractivity contribution in [2.75, 3.05) is 54.1 Å². The first-order valence-electron chi connectivity index (χ1n) is 23.9. The van der Waals surface area contributed by atoms with Gasteiger partial charge < -0.3 is 18.9 Å². The van der Waals surface area contributed by atoms with E-state index in [1.54, 1.807) is 0 Å². The lowest BCUT2D eigenvalue weighted by Gasteiger charge is -2.24. The number of hydrogen-bond donors (Lipinski definition) is 1. The van der Waals surface area contributed by atoms with Crippen molar-refractivity contribution >= 4 is 13.8 Å². The number of esters is 1. The molecule has 0 aromatic rings. The fourth-order valence-electron chi connectivity index (χ4n) is 6.49. The molecule has 0 heterocycles. The lowest BCUT2D eigenvalue weighted by Crippen LogP contribution is -2.37. The Kier molecular flexibility index (Phi) is 41.0. The van der Waals surface area contributed by atoms with Crippen molar-refractivity contribution in [3.05, 3.63) is 48.6 Å². The molecule has 0 radical (unpaired) electrons. The minimum atomic E-state index is -4.28. The van der Waals surface area contributed by atoms with E-state index in [-0.39, 0.29) is 25.8 Å². The van der Waals surface area contributed by atoms with E-state index in [9.17, 15) is 14.3 Å². The quantitative estimate of drug-likeness (QED) is 0.0215. The van der Waals surface area contributed by atoms with Crippen molar-refractivity contribution in [2.24, 2.45) is 0 Å². The standard InChI is InChI=1S/C49H92NO7P/c1-6-8-10-12-14-16-18-20-22-24-25-26-27-29-31-33-35-37-39-41-44-54-46-48(47-56-58(52,53)55-45-43-50(3,4)5)57-49(51)42-40-38-36-34-32-30-28-23-21-19-17-15-13-11-9-7-2/h8,10,14,16,20,22,25-26,48H,6-7,9,11-13,15,17-19,21,23-24,27-47H2,1-5H3/p+1/b10-8-,16-14-,22-20-,26-25-. The fourth-order valence-corrected chi connectivity index (χ4v) is 7.23. The molecule has 0 aliphatic rings. The average molecular weight is 839 g/mol. The largest absolute Gasteiger partial charge is 0.472 e. The summed E-state index contributed by atoms with van der Waals surface area (Å²) in [6.07, 6.45) is 51.4. The monoisotopic (exact) mass is 839 g/mol. The van der Waals surface area contributed by atoms with Gasteiger partial charge in [0.05, 0.1) is 34.4 Å². The summed E-state index contributed by atoms with van der Waals surface area (Å²) in [4.78, 5) is 22.9. The maximum Gasteiger partial charge on any atom is 0.472 e. The van der Waals surface area contributed by atoms with E-state index < -0.39 is 13.9 Å². The van der Waals surface area contributed by atoms with Crippen LogP contribution >= 0.6 is 7.82 Å². The van der Waals surface area contributed by atoms with Crippen LogP contribution < -0.4 is 0 Å². The minimum Gasteiger partial charge on any atom is -0.457 e. The molecule has 2 unspecified atom stereocenters. The van der Waals surface area contributed by atoms with Gasteiger partial charge in [0.25, 0.3) is 0 Å². The summed E-state index contributed by atoms with van der Waals surface area (Å²) in [5.74, 6) is -0.316. The van der Waals surface area contributed by atoms with Crippen molar-refractivity contribution in [3.63, 3.8) is 0 Å². The van der Waals surface area contributed by atoms with Crippen LogP contribution in [0, 0.1) is 0 Å². The van der Waals surface area contributed by atoms with Gasteiger partial charge >= 0.3 is 13.8 Å². The van der Waals surface area contributed by atoms with Crippen LogP contribution in [0.15, 0.2) is 48.6 Å². The molecule has 0 saturated carbocycles. The maximum absolute atomic E-state index is 12.7. The van der Waals surface area contributed by atoms with Gasteiger partial charge in [0, 0.05) is 13.0 Å². The average Bonchev–Trinajstić information content (AvgIpc) is 3.18. The normalized spacial score (nSPS) is 14.1. The second-order valence-corrected chi connectivity index (χ2v) is 18.6. The molecule has 1 N–H and O–H groups in total. The van der Waals surface area contributed by atoms with E-state index in [0.29, 0.717) is 24.1 Å². The van der Waals surface area contributed by atoms with E-state index in [2.05, 4.69) is 62.5 Å². The van der Waals surface area contributed by atoms with Gasteiger partial charge in [0.1, 0.15) is 19.3 Å². The summed E-state index contributed by atoms with van der Waals surface area (Å²) >= 11 is 0. The number of phosphoric ester groups is 1. The molecule has 0 spiro atoms. The van der Waals surface area contributed by atoms with Gasteiger partial charge in [-0.3, -0.25) is 13.8 Å². The van der Waals surface area contributed by atoms with E-state index >= 15 is 0 Å². The van der Waals surface area contributed by atoms with Crippen LogP contribution in [0.2, 0.25) is 0 Å². The number of phosphoric acid groups is 1. The Hall–Kier alpha value is -1.54. The van der Waals surface area contributed by atoms with Crippen molar-refractivity contribution in [1.29, 1.82) is 0 Å². The third kappa shape index (κ3) is 45.5. The molecule has 0 fully saturated rings. The minimum absolute atomic E-state index is 0.0861. The van der Waals surface area contributed by atoms with Gasteiger partial charge in [0.2, 0.25) is 0 Å². The number of carbonyl (C=O) groups is 1. The second-order valence-electron chi connectivity index (χ2n) is 17.1. The zero-order valence-corrected chi connectivity index (χ0v) is 39.4. The Morgan fingerprint density at radius 2 is 1.00 bits per heavy atom. The van der Waals surface area contributed by atoms with Crippen LogP contribution in [0.25, 0.3) is 0 Å². The number of carbonyl (C=O) groups excluding carboxylic acids is 1. The number of allylic oxidation sites excluding steroid dienone is 8. The van der Waals surface area contributed by atoms with E-state index in [1.807, 2.05) is 21.1 Å². The molecule has 2 atom stereocenters. The summed E-state index contributed by atoms with van der Waals surface area (Å²) in [6, 6.07) is 0. The Bertz CT molecular complexity index is 1070. The predicted molar refractivity (Wildman–Crippen MR) is 247 cm³/mol. The van der Waals surface area contributed by atoms with Crippen molar-refractivity contribution in [1.82, 2.24) is 0 Å². The van der Waals surface area contributed by atoms with Crippen LogP contribution in [0.1, 0.15) is 200 Å². The number of rotatable bonds is 44. The van der Waals surface area contributed by atoms with Crippen molar-refractivity contribution in [2.45, 2.75) is 206 Å². The first kappa shape index (κ1) is 56.5. The molecule has 58 heavy (non-hydrogen) atoms. The molecule has 0 bridgehead atoms. The van der Waals surface area contributed by atoms with Gasteiger partial charge in [0.15, 0.2) is 0 Å². The van der Waals surface area contributed by atoms with Crippen LogP contribution in [0.3, 0.4) is 0 Å². The highest BCUT2D eigenvalue weighted by Crippen LogP contribution is 2.43. The molecular formula is C49H93NO7P+. The zero-order valence-electron chi connectivity index (χ0n) is 38.5. The third-order valence-electron chi connectivity index (χ3n) is 10.2. The molecule has 9 heteroatoms. The lowest BCUT2D eigenvalue weighted by molar-refractivity contribution is -0.870. The number of unbranched alkanes of at least 4 members (excludes halogenated alkanes) is 22. The molecule has 0 aliphatic heterocycles. The fraction of sp³-hybridized carbons (Fsp3) is 0.816. The molecule has 0 amide bonds. The SMILES string of the molecule is CC/C=C\C/C=C\C/C=C\C/C=C\CCCCCCCCCOCC(COP(=O)(O)OCC[N+](C)(C)C)OC(=O)CCCCCCCCCCCCCCCCCC. The number of ether oxygens (including phenoxy) is 2.